The van der Waals surface area contributed by atoms with Gasteiger partial charge in [-0.1, -0.05) is 13.8 Å². The van der Waals surface area contributed by atoms with E-state index in [0.29, 0.717) is 43.6 Å². The van der Waals surface area contributed by atoms with Crippen LogP contribution in [0.2, 0.25) is 0 Å². The van der Waals surface area contributed by atoms with Gasteiger partial charge in [0.05, 0.1) is 6.61 Å². The number of ether oxygens (including phenoxy) is 1. The predicted molar refractivity (Wildman–Crippen MR) is 90.1 cm³/mol. The minimum Gasteiger partial charge on any atom is -0.449 e. The van der Waals surface area contributed by atoms with E-state index in [0.717, 1.165) is 25.7 Å². The van der Waals surface area contributed by atoms with Crippen molar-refractivity contribution in [1.82, 2.24) is 9.80 Å². The standard InChI is InChI=1S/C18H32N2O3/c1-13(2)12-23-18(22)19-10-8-16(9-11-19)17(21)20-14(3)6-5-7-15(20)4/h13-16H,5-12H2,1-4H3. The van der Waals surface area contributed by atoms with Crippen molar-refractivity contribution < 1.29 is 14.3 Å². The number of piperidine rings is 2. The molecule has 2 atom stereocenters. The van der Waals surface area contributed by atoms with Gasteiger partial charge in [0.1, 0.15) is 0 Å². The molecule has 0 aromatic rings. The van der Waals surface area contributed by atoms with E-state index in [9.17, 15) is 9.59 Å². The lowest BCUT2D eigenvalue weighted by atomic mass is 9.91. The summed E-state index contributed by atoms with van der Waals surface area (Å²) in [4.78, 5) is 28.7. The van der Waals surface area contributed by atoms with Crippen LogP contribution in [-0.2, 0) is 9.53 Å². The lowest BCUT2D eigenvalue weighted by molar-refractivity contribution is -0.143. The fraction of sp³-hybridized carbons (Fsp3) is 0.889. The number of likely N-dealkylation sites (tertiary alicyclic amines) is 2. The average molecular weight is 324 g/mol. The first-order valence-electron chi connectivity index (χ1n) is 9.14. The highest BCUT2D eigenvalue weighted by molar-refractivity contribution is 5.80. The number of hydrogen-bond donors (Lipinski definition) is 0. The smallest absolute Gasteiger partial charge is 0.409 e. The second kappa shape index (κ2) is 8.02. The first-order valence-corrected chi connectivity index (χ1v) is 9.14. The molecule has 0 N–H and O–H groups in total. The normalized spacial score (nSPS) is 26.5. The molecule has 0 aromatic heterocycles. The molecule has 2 unspecified atom stereocenters. The van der Waals surface area contributed by atoms with Gasteiger partial charge in [0.15, 0.2) is 0 Å². The lowest BCUT2D eigenvalue weighted by Gasteiger charge is -2.42. The highest BCUT2D eigenvalue weighted by atomic mass is 16.6. The first kappa shape index (κ1) is 18.1. The van der Waals surface area contributed by atoms with Crippen molar-refractivity contribution in [2.45, 2.75) is 71.9 Å². The lowest BCUT2D eigenvalue weighted by Crippen LogP contribution is -2.52. The Morgan fingerprint density at radius 3 is 2.13 bits per heavy atom. The van der Waals surface area contributed by atoms with E-state index < -0.39 is 0 Å². The molecule has 5 nitrogen and oxygen atoms in total. The SMILES string of the molecule is CC(C)COC(=O)N1CCC(C(=O)N2C(C)CCCC2C)CC1. The molecule has 0 aromatic carbocycles. The average Bonchev–Trinajstić information content (AvgIpc) is 2.52. The summed E-state index contributed by atoms with van der Waals surface area (Å²) >= 11 is 0. The number of nitrogens with zero attached hydrogens (tertiary/aromatic N) is 2. The van der Waals surface area contributed by atoms with E-state index in [2.05, 4.69) is 18.7 Å². The maximum absolute atomic E-state index is 12.9. The second-order valence-electron chi connectivity index (χ2n) is 7.61. The zero-order chi connectivity index (χ0) is 17.0. The van der Waals surface area contributed by atoms with E-state index in [-0.39, 0.29) is 12.0 Å². The Morgan fingerprint density at radius 1 is 1.04 bits per heavy atom. The summed E-state index contributed by atoms with van der Waals surface area (Å²) in [6, 6.07) is 0.695. The molecule has 2 aliphatic heterocycles. The monoisotopic (exact) mass is 324 g/mol. The van der Waals surface area contributed by atoms with E-state index in [1.54, 1.807) is 4.90 Å². The molecule has 2 rings (SSSR count). The quantitative estimate of drug-likeness (QED) is 0.800. The molecule has 0 aliphatic carbocycles. The molecule has 0 radical (unpaired) electrons. The summed E-state index contributed by atoms with van der Waals surface area (Å²) in [5.41, 5.74) is 0. The van der Waals surface area contributed by atoms with Gasteiger partial charge < -0.3 is 14.5 Å². The summed E-state index contributed by atoms with van der Waals surface area (Å²) < 4.78 is 5.28. The molecular weight excluding hydrogens is 292 g/mol. The largest absolute Gasteiger partial charge is 0.449 e. The van der Waals surface area contributed by atoms with Crippen LogP contribution in [0.4, 0.5) is 4.79 Å². The number of carbonyl (C=O) groups is 2. The fourth-order valence-electron chi connectivity index (χ4n) is 3.70. The summed E-state index contributed by atoms with van der Waals surface area (Å²) in [6.45, 7) is 10.1. The molecule has 5 heteroatoms. The van der Waals surface area contributed by atoms with Gasteiger partial charge in [-0.15, -0.1) is 0 Å². The Balaban J connectivity index is 1.83. The third-order valence-corrected chi connectivity index (χ3v) is 5.09. The van der Waals surface area contributed by atoms with Crippen molar-refractivity contribution in [2.24, 2.45) is 11.8 Å². The predicted octanol–water partition coefficient (Wildman–Crippen LogP) is 3.28. The van der Waals surface area contributed by atoms with Crippen molar-refractivity contribution in [1.29, 1.82) is 0 Å². The van der Waals surface area contributed by atoms with Crippen LogP contribution in [0.1, 0.15) is 59.8 Å². The van der Waals surface area contributed by atoms with Crippen molar-refractivity contribution in [3.8, 4) is 0 Å². The molecule has 0 saturated carbocycles. The summed E-state index contributed by atoms with van der Waals surface area (Å²) in [6.07, 6.45) is 4.71. The fourth-order valence-corrected chi connectivity index (χ4v) is 3.70. The molecule has 0 bridgehead atoms. The Morgan fingerprint density at radius 2 is 1.61 bits per heavy atom. The van der Waals surface area contributed by atoms with Crippen LogP contribution < -0.4 is 0 Å². The summed E-state index contributed by atoms with van der Waals surface area (Å²) in [5, 5.41) is 0. The third-order valence-electron chi connectivity index (χ3n) is 5.09. The number of carbonyl (C=O) groups excluding carboxylic acids is 2. The molecule has 2 fully saturated rings. The highest BCUT2D eigenvalue weighted by Gasteiger charge is 2.35. The van der Waals surface area contributed by atoms with Gasteiger partial charge in [0.25, 0.3) is 0 Å². The van der Waals surface area contributed by atoms with Crippen molar-refractivity contribution in [3.05, 3.63) is 0 Å². The molecule has 0 spiro atoms. The minimum absolute atomic E-state index is 0.0622. The molecular formula is C18H32N2O3. The topological polar surface area (TPSA) is 49.9 Å². The molecule has 132 valence electrons. The maximum Gasteiger partial charge on any atom is 0.409 e. The number of amides is 2. The van der Waals surface area contributed by atoms with Crippen LogP contribution in [0.15, 0.2) is 0 Å². The Hall–Kier alpha value is -1.26. The van der Waals surface area contributed by atoms with Crippen molar-refractivity contribution in [3.63, 3.8) is 0 Å². The maximum atomic E-state index is 12.9. The van der Waals surface area contributed by atoms with Crippen LogP contribution in [0.3, 0.4) is 0 Å². The Kier molecular flexibility index (Phi) is 6.31. The van der Waals surface area contributed by atoms with Crippen LogP contribution in [-0.4, -0.2) is 53.6 Å². The molecule has 2 saturated heterocycles. The zero-order valence-corrected chi connectivity index (χ0v) is 15.1. The zero-order valence-electron chi connectivity index (χ0n) is 15.1. The van der Waals surface area contributed by atoms with Crippen molar-refractivity contribution >= 4 is 12.0 Å². The number of rotatable bonds is 3. The van der Waals surface area contributed by atoms with Gasteiger partial charge in [0, 0.05) is 31.1 Å². The van der Waals surface area contributed by atoms with Crippen LogP contribution in [0.25, 0.3) is 0 Å². The van der Waals surface area contributed by atoms with Gasteiger partial charge >= 0.3 is 6.09 Å². The van der Waals surface area contributed by atoms with Gasteiger partial charge in [-0.05, 0) is 51.9 Å². The van der Waals surface area contributed by atoms with Gasteiger partial charge in [0.2, 0.25) is 5.91 Å². The molecule has 2 amide bonds. The summed E-state index contributed by atoms with van der Waals surface area (Å²) in [7, 11) is 0. The molecule has 23 heavy (non-hydrogen) atoms. The Labute approximate surface area is 140 Å². The number of hydrogen-bond acceptors (Lipinski definition) is 3. The van der Waals surface area contributed by atoms with Crippen molar-refractivity contribution in [2.75, 3.05) is 19.7 Å². The van der Waals surface area contributed by atoms with E-state index in [1.807, 2.05) is 13.8 Å². The second-order valence-corrected chi connectivity index (χ2v) is 7.61. The third kappa shape index (κ3) is 4.61. The minimum atomic E-state index is -0.232. The van der Waals surface area contributed by atoms with Crippen LogP contribution >= 0.6 is 0 Å². The molecule has 2 heterocycles. The molecule has 2 aliphatic rings. The van der Waals surface area contributed by atoms with E-state index in [1.165, 1.54) is 6.42 Å². The van der Waals surface area contributed by atoms with E-state index in [4.69, 9.17) is 4.74 Å². The van der Waals surface area contributed by atoms with Crippen LogP contribution in [0, 0.1) is 11.8 Å². The van der Waals surface area contributed by atoms with Gasteiger partial charge in [-0.2, -0.15) is 0 Å². The first-order chi connectivity index (χ1) is 10.9. The van der Waals surface area contributed by atoms with E-state index >= 15 is 0 Å². The van der Waals surface area contributed by atoms with Gasteiger partial charge in [-0.3, -0.25) is 4.79 Å². The highest BCUT2D eigenvalue weighted by Crippen LogP contribution is 2.28. The van der Waals surface area contributed by atoms with Crippen LogP contribution in [0.5, 0.6) is 0 Å². The Bertz CT molecular complexity index is 406. The van der Waals surface area contributed by atoms with Gasteiger partial charge in [-0.25, -0.2) is 4.79 Å². The summed E-state index contributed by atoms with van der Waals surface area (Å²) in [5.74, 6) is 0.701.